The van der Waals surface area contributed by atoms with Crippen molar-refractivity contribution >= 4 is 0 Å². The van der Waals surface area contributed by atoms with E-state index in [1.807, 2.05) is 0 Å². The quantitative estimate of drug-likeness (QED) is 0.241. The van der Waals surface area contributed by atoms with Gasteiger partial charge in [0, 0.05) is 0 Å². The Kier molecular flexibility index (Phi) is 12.9. The summed E-state index contributed by atoms with van der Waals surface area (Å²) in [6, 6.07) is 0. The van der Waals surface area contributed by atoms with Crippen molar-refractivity contribution in [2.24, 2.45) is 41.1 Å². The molecule has 0 heterocycles. The second kappa shape index (κ2) is 14.9. The first kappa shape index (κ1) is 26.1. The summed E-state index contributed by atoms with van der Waals surface area (Å²) in [5.74, 6) is 3.66. The van der Waals surface area contributed by atoms with E-state index in [9.17, 15) is 5.11 Å². The monoisotopic (exact) mass is 422 g/mol. The number of unbranched alkanes of at least 4 members (excludes halogenated alkanes) is 2. The molecule has 3 heteroatoms. The van der Waals surface area contributed by atoms with Crippen molar-refractivity contribution in [3.63, 3.8) is 0 Å². The molecule has 2 aliphatic rings. The van der Waals surface area contributed by atoms with Crippen LogP contribution in [-0.4, -0.2) is 17.4 Å². The molecule has 2 aliphatic carbocycles. The molecule has 2 saturated carbocycles. The van der Waals surface area contributed by atoms with Crippen molar-refractivity contribution < 1.29 is 5.11 Å². The highest BCUT2D eigenvalue weighted by Gasteiger charge is 2.31. The van der Waals surface area contributed by atoms with E-state index in [2.05, 4.69) is 13.8 Å². The van der Waals surface area contributed by atoms with Crippen LogP contribution in [-0.2, 0) is 0 Å². The second-order valence-electron chi connectivity index (χ2n) is 11.0. The van der Waals surface area contributed by atoms with Crippen LogP contribution in [0.5, 0.6) is 0 Å². The minimum Gasteiger partial charge on any atom is -0.393 e. The van der Waals surface area contributed by atoms with Crippen LogP contribution in [0.15, 0.2) is 0 Å². The summed E-state index contributed by atoms with van der Waals surface area (Å²) in [5, 5.41) is 11.1. The molecule has 0 radical (unpaired) electrons. The topological polar surface area (TPSA) is 72.3 Å². The maximum Gasteiger partial charge on any atom is 0.0550 e. The van der Waals surface area contributed by atoms with Crippen LogP contribution in [0.3, 0.4) is 0 Å². The van der Waals surface area contributed by atoms with Crippen molar-refractivity contribution in [1.29, 1.82) is 0 Å². The highest BCUT2D eigenvalue weighted by molar-refractivity contribution is 4.83. The van der Waals surface area contributed by atoms with Crippen LogP contribution >= 0.6 is 0 Å². The highest BCUT2D eigenvalue weighted by Crippen LogP contribution is 2.42. The normalized spacial score (nSPS) is 21.7. The Hall–Kier alpha value is -0.120. The molecule has 3 unspecified atom stereocenters. The summed E-state index contributed by atoms with van der Waals surface area (Å²) in [7, 11) is 0. The molecule has 2 rings (SSSR count). The predicted molar refractivity (Wildman–Crippen MR) is 130 cm³/mol. The molecule has 0 spiro atoms. The molecule has 0 aromatic heterocycles. The van der Waals surface area contributed by atoms with Crippen LogP contribution in [0.25, 0.3) is 0 Å². The maximum absolute atomic E-state index is 11.1. The van der Waals surface area contributed by atoms with Gasteiger partial charge in [-0.15, -0.1) is 0 Å². The summed E-state index contributed by atoms with van der Waals surface area (Å²) in [6.45, 7) is 4.53. The van der Waals surface area contributed by atoms with Gasteiger partial charge in [0.05, 0.1) is 12.3 Å². The Bertz CT molecular complexity index is 397. The molecule has 0 amide bonds. The van der Waals surface area contributed by atoms with Gasteiger partial charge in [-0.25, -0.2) is 0 Å². The van der Waals surface area contributed by atoms with E-state index in [4.69, 9.17) is 11.5 Å². The SMILES string of the molecule is CCCCC(CC(O)CC(CCCC)C(CC1CCCC1)CC1CCCC1)C(N)N. The Morgan fingerprint density at radius 2 is 1.13 bits per heavy atom. The van der Waals surface area contributed by atoms with Crippen molar-refractivity contribution in [2.45, 2.75) is 142 Å². The third kappa shape index (κ3) is 9.57. The molecular formula is C27H54N2O. The van der Waals surface area contributed by atoms with Gasteiger partial charge in [-0.3, -0.25) is 0 Å². The first-order valence-corrected chi connectivity index (χ1v) is 13.7. The van der Waals surface area contributed by atoms with E-state index in [1.54, 1.807) is 0 Å². The Labute approximate surface area is 188 Å². The Balaban J connectivity index is 2.00. The van der Waals surface area contributed by atoms with Gasteiger partial charge < -0.3 is 16.6 Å². The molecule has 2 fully saturated rings. The van der Waals surface area contributed by atoms with Gasteiger partial charge >= 0.3 is 0 Å². The van der Waals surface area contributed by atoms with Gasteiger partial charge in [-0.1, -0.05) is 97.3 Å². The van der Waals surface area contributed by atoms with Crippen LogP contribution in [0, 0.1) is 29.6 Å². The molecule has 3 nitrogen and oxygen atoms in total. The summed E-state index contributed by atoms with van der Waals surface area (Å²) >= 11 is 0. The van der Waals surface area contributed by atoms with Crippen LogP contribution in [0.1, 0.15) is 129 Å². The molecule has 0 aromatic rings. The van der Waals surface area contributed by atoms with Crippen LogP contribution in [0.4, 0.5) is 0 Å². The van der Waals surface area contributed by atoms with Gasteiger partial charge in [0.1, 0.15) is 0 Å². The third-order valence-electron chi connectivity index (χ3n) is 8.44. The number of hydrogen-bond donors (Lipinski definition) is 3. The average molecular weight is 423 g/mol. The fourth-order valence-corrected chi connectivity index (χ4v) is 6.57. The molecule has 3 atom stereocenters. The third-order valence-corrected chi connectivity index (χ3v) is 8.44. The lowest BCUT2D eigenvalue weighted by Crippen LogP contribution is -2.40. The van der Waals surface area contributed by atoms with Gasteiger partial charge in [0.25, 0.3) is 0 Å². The predicted octanol–water partition coefficient (Wildman–Crippen LogP) is 6.76. The fourth-order valence-electron chi connectivity index (χ4n) is 6.57. The summed E-state index contributed by atoms with van der Waals surface area (Å²) in [5.41, 5.74) is 12.2. The van der Waals surface area contributed by atoms with Gasteiger partial charge in [-0.2, -0.15) is 0 Å². The largest absolute Gasteiger partial charge is 0.393 e. The molecule has 0 aromatic carbocycles. The van der Waals surface area contributed by atoms with Crippen molar-refractivity contribution in [3.05, 3.63) is 0 Å². The summed E-state index contributed by atoms with van der Waals surface area (Å²) in [6.07, 6.45) is 22.9. The highest BCUT2D eigenvalue weighted by atomic mass is 16.3. The number of rotatable bonds is 16. The minimum atomic E-state index is -0.298. The molecule has 0 saturated heterocycles. The number of aliphatic hydroxyl groups is 1. The van der Waals surface area contributed by atoms with Crippen molar-refractivity contribution in [2.75, 3.05) is 0 Å². The fraction of sp³-hybridized carbons (Fsp3) is 1.00. The van der Waals surface area contributed by atoms with E-state index >= 15 is 0 Å². The standard InChI is InChI=1S/C27H54N2O/c1-3-5-15-23(19-26(30)20-24(27(28)29)16-6-4-2)25(17-21-11-7-8-12-21)18-22-13-9-10-14-22/h21-27,30H,3-20,28-29H2,1-2H3. The van der Waals surface area contributed by atoms with Crippen LogP contribution in [0.2, 0.25) is 0 Å². The van der Waals surface area contributed by atoms with Gasteiger partial charge in [-0.05, 0) is 61.7 Å². The molecule has 0 aliphatic heterocycles. The zero-order chi connectivity index (χ0) is 21.8. The second-order valence-corrected chi connectivity index (χ2v) is 11.0. The Morgan fingerprint density at radius 1 is 0.700 bits per heavy atom. The number of nitrogens with two attached hydrogens (primary N) is 2. The van der Waals surface area contributed by atoms with Crippen molar-refractivity contribution in [1.82, 2.24) is 0 Å². The van der Waals surface area contributed by atoms with E-state index in [0.29, 0.717) is 5.92 Å². The molecular weight excluding hydrogens is 368 g/mol. The van der Waals surface area contributed by atoms with Gasteiger partial charge in [0.15, 0.2) is 0 Å². The number of hydrogen-bond acceptors (Lipinski definition) is 3. The van der Waals surface area contributed by atoms with E-state index in [1.165, 1.54) is 89.9 Å². The van der Waals surface area contributed by atoms with Gasteiger partial charge in [0.2, 0.25) is 0 Å². The lowest BCUT2D eigenvalue weighted by Gasteiger charge is -2.34. The Morgan fingerprint density at radius 3 is 1.57 bits per heavy atom. The van der Waals surface area contributed by atoms with E-state index < -0.39 is 0 Å². The zero-order valence-electron chi connectivity index (χ0n) is 20.4. The molecule has 30 heavy (non-hydrogen) atoms. The zero-order valence-corrected chi connectivity index (χ0v) is 20.4. The van der Waals surface area contributed by atoms with E-state index in [0.717, 1.165) is 43.4 Å². The maximum atomic E-state index is 11.1. The van der Waals surface area contributed by atoms with E-state index in [-0.39, 0.29) is 18.2 Å². The first-order valence-electron chi connectivity index (χ1n) is 13.7. The molecule has 5 N–H and O–H groups in total. The molecule has 178 valence electrons. The summed E-state index contributed by atoms with van der Waals surface area (Å²) < 4.78 is 0. The van der Waals surface area contributed by atoms with Crippen molar-refractivity contribution in [3.8, 4) is 0 Å². The lowest BCUT2D eigenvalue weighted by molar-refractivity contribution is 0.0776. The first-order chi connectivity index (χ1) is 14.5. The van der Waals surface area contributed by atoms with Crippen LogP contribution < -0.4 is 11.5 Å². The smallest absolute Gasteiger partial charge is 0.0550 e. The number of aliphatic hydroxyl groups excluding tert-OH is 1. The summed E-state index contributed by atoms with van der Waals surface area (Å²) in [4.78, 5) is 0. The lowest BCUT2D eigenvalue weighted by atomic mass is 9.73. The average Bonchev–Trinajstić information content (AvgIpc) is 3.42. The minimum absolute atomic E-state index is 0.238. The molecule has 0 bridgehead atoms.